The van der Waals surface area contributed by atoms with E-state index in [9.17, 15) is 9.90 Å². The van der Waals surface area contributed by atoms with Gasteiger partial charge in [0.2, 0.25) is 5.43 Å². The number of likely N-dealkylation sites (tertiary alicyclic amines) is 1. The highest BCUT2D eigenvalue weighted by atomic mass is 35.5. The zero-order valence-corrected chi connectivity index (χ0v) is 18.4. The number of phenols is 1. The Bertz CT molecular complexity index is 1260. The predicted molar refractivity (Wildman–Crippen MR) is 128 cm³/mol. The minimum absolute atomic E-state index is 0. The number of piperidine rings is 1. The van der Waals surface area contributed by atoms with Crippen LogP contribution in [0.4, 0.5) is 0 Å². The molecular formula is C26H25ClN2O3. The zero-order valence-electron chi connectivity index (χ0n) is 17.6. The van der Waals surface area contributed by atoms with Gasteiger partial charge in [-0.15, -0.1) is 12.4 Å². The van der Waals surface area contributed by atoms with Gasteiger partial charge in [-0.25, -0.2) is 0 Å². The molecular weight excluding hydrogens is 424 g/mol. The number of halogens is 1. The van der Waals surface area contributed by atoms with Crippen LogP contribution in [0.25, 0.3) is 22.1 Å². The minimum Gasteiger partial charge on any atom is -0.507 e. The fourth-order valence-corrected chi connectivity index (χ4v) is 4.55. The second kappa shape index (κ2) is 9.55. The number of aromatic nitrogens is 1. The van der Waals surface area contributed by atoms with E-state index in [-0.39, 0.29) is 29.6 Å². The highest BCUT2D eigenvalue weighted by Crippen LogP contribution is 2.35. The van der Waals surface area contributed by atoms with Gasteiger partial charge in [-0.3, -0.25) is 14.7 Å². The van der Waals surface area contributed by atoms with Crippen LogP contribution in [0.5, 0.6) is 5.75 Å². The Kier molecular flexibility index (Phi) is 6.58. The summed E-state index contributed by atoms with van der Waals surface area (Å²) in [5.41, 5.74) is 3.55. The lowest BCUT2D eigenvalue weighted by Crippen LogP contribution is -2.33. The third-order valence-corrected chi connectivity index (χ3v) is 6.15. The van der Waals surface area contributed by atoms with Crippen LogP contribution in [0.1, 0.15) is 36.4 Å². The van der Waals surface area contributed by atoms with Crippen LogP contribution in [-0.2, 0) is 6.54 Å². The van der Waals surface area contributed by atoms with E-state index >= 15 is 0 Å². The fraction of sp³-hybridized carbons (Fsp3) is 0.231. The maximum atomic E-state index is 13.2. The van der Waals surface area contributed by atoms with E-state index in [1.807, 2.05) is 42.6 Å². The summed E-state index contributed by atoms with van der Waals surface area (Å²) in [5.74, 6) is 0.152. The first kappa shape index (κ1) is 22.1. The van der Waals surface area contributed by atoms with Crippen LogP contribution in [0, 0.1) is 0 Å². The molecule has 1 N–H and O–H groups in total. The second-order valence-corrected chi connectivity index (χ2v) is 8.05. The summed E-state index contributed by atoms with van der Waals surface area (Å²) in [6.07, 6.45) is 8.51. The van der Waals surface area contributed by atoms with Gasteiger partial charge in [0.05, 0.1) is 16.5 Å². The summed E-state index contributed by atoms with van der Waals surface area (Å²) in [7, 11) is 0. The van der Waals surface area contributed by atoms with Crippen molar-refractivity contribution in [3.8, 4) is 16.9 Å². The molecule has 1 saturated heterocycles. The largest absolute Gasteiger partial charge is 0.507 e. The smallest absolute Gasteiger partial charge is 0.200 e. The first-order valence-electron chi connectivity index (χ1n) is 10.7. The molecule has 1 unspecified atom stereocenters. The molecule has 1 atom stereocenters. The molecule has 164 valence electrons. The van der Waals surface area contributed by atoms with Gasteiger partial charge in [-0.2, -0.15) is 0 Å². The van der Waals surface area contributed by atoms with Crippen LogP contribution in [0.15, 0.2) is 82.5 Å². The molecule has 0 saturated carbocycles. The number of pyridine rings is 1. The Hall–Kier alpha value is -3.15. The lowest BCUT2D eigenvalue weighted by Gasteiger charge is -2.36. The van der Waals surface area contributed by atoms with Crippen molar-refractivity contribution in [3.63, 3.8) is 0 Å². The third-order valence-electron chi connectivity index (χ3n) is 6.15. The number of aromatic hydroxyl groups is 1. The Morgan fingerprint density at radius 1 is 1.06 bits per heavy atom. The van der Waals surface area contributed by atoms with E-state index in [1.165, 1.54) is 11.8 Å². The highest BCUT2D eigenvalue weighted by Gasteiger charge is 2.26. The van der Waals surface area contributed by atoms with Crippen molar-refractivity contribution >= 4 is 23.4 Å². The van der Waals surface area contributed by atoms with Gasteiger partial charge in [0.1, 0.15) is 17.6 Å². The Morgan fingerprint density at radius 3 is 2.69 bits per heavy atom. The lowest BCUT2D eigenvalue weighted by atomic mass is 9.95. The van der Waals surface area contributed by atoms with Crippen molar-refractivity contribution < 1.29 is 9.52 Å². The van der Waals surface area contributed by atoms with Crippen molar-refractivity contribution in [1.82, 2.24) is 9.88 Å². The average Bonchev–Trinajstić information content (AvgIpc) is 2.82. The van der Waals surface area contributed by atoms with Crippen LogP contribution >= 0.6 is 12.4 Å². The number of phenolic OH excluding ortho intramolecular Hbond substituents is 1. The second-order valence-electron chi connectivity index (χ2n) is 8.05. The molecule has 0 radical (unpaired) electrons. The Labute approximate surface area is 192 Å². The van der Waals surface area contributed by atoms with Gasteiger partial charge in [-0.1, -0.05) is 42.8 Å². The monoisotopic (exact) mass is 448 g/mol. The third kappa shape index (κ3) is 4.14. The molecule has 1 aliphatic heterocycles. The summed E-state index contributed by atoms with van der Waals surface area (Å²) < 4.78 is 5.97. The molecule has 5 nitrogen and oxygen atoms in total. The van der Waals surface area contributed by atoms with Gasteiger partial charge >= 0.3 is 0 Å². The van der Waals surface area contributed by atoms with Gasteiger partial charge in [0.15, 0.2) is 0 Å². The molecule has 6 heteroatoms. The minimum atomic E-state index is -0.0869. The normalized spacial score (nSPS) is 16.6. The van der Waals surface area contributed by atoms with Gasteiger partial charge in [0, 0.05) is 25.0 Å². The fourth-order valence-electron chi connectivity index (χ4n) is 4.55. The number of fused-ring (bicyclic) bond motifs is 1. The highest BCUT2D eigenvalue weighted by molar-refractivity contribution is 5.86. The molecule has 1 aliphatic rings. The standard InChI is InChI=1S/C26H24N2O3.ClH/c29-24-12-11-20-25(30)22(18-7-2-1-3-8-18)17-31-26(20)21(24)16-28-14-5-4-10-23(28)19-9-6-13-27-15-19;/h1-3,6-9,11-13,15,17,23,29H,4-5,10,14,16H2;1H. The predicted octanol–water partition coefficient (Wildman–Crippen LogP) is 5.71. The Balaban J connectivity index is 0.00000245. The van der Waals surface area contributed by atoms with Crippen molar-refractivity contribution in [3.05, 3.63) is 94.6 Å². The number of rotatable bonds is 4. The maximum absolute atomic E-state index is 13.2. The first-order valence-corrected chi connectivity index (χ1v) is 10.7. The van der Waals surface area contributed by atoms with Gasteiger partial charge < -0.3 is 9.52 Å². The van der Waals surface area contributed by atoms with E-state index in [4.69, 9.17) is 4.42 Å². The molecule has 0 amide bonds. The summed E-state index contributed by atoms with van der Waals surface area (Å²) in [4.78, 5) is 19.8. The van der Waals surface area contributed by atoms with Crippen molar-refractivity contribution in [2.24, 2.45) is 0 Å². The molecule has 0 aliphatic carbocycles. The van der Waals surface area contributed by atoms with E-state index in [0.717, 1.165) is 31.4 Å². The van der Waals surface area contributed by atoms with E-state index in [1.54, 1.807) is 18.3 Å². The first-order chi connectivity index (χ1) is 15.2. The molecule has 4 aromatic rings. The van der Waals surface area contributed by atoms with Crippen LogP contribution in [0.3, 0.4) is 0 Å². The molecule has 32 heavy (non-hydrogen) atoms. The number of hydrogen-bond acceptors (Lipinski definition) is 5. The van der Waals surface area contributed by atoms with E-state index in [2.05, 4.69) is 16.0 Å². The summed E-state index contributed by atoms with van der Waals surface area (Å²) >= 11 is 0. The number of nitrogens with zero attached hydrogens (tertiary/aromatic N) is 2. The molecule has 2 aromatic heterocycles. The summed E-state index contributed by atoms with van der Waals surface area (Å²) in [6.45, 7) is 1.43. The van der Waals surface area contributed by atoms with Crippen molar-refractivity contribution in [2.45, 2.75) is 31.8 Å². The Morgan fingerprint density at radius 2 is 1.91 bits per heavy atom. The molecule has 0 spiro atoms. The van der Waals surface area contributed by atoms with Gasteiger partial charge in [-0.05, 0) is 48.7 Å². The SMILES string of the molecule is Cl.O=c1c(-c2ccccc2)coc2c(CN3CCCCC3c3cccnc3)c(O)ccc12. The average molecular weight is 449 g/mol. The molecule has 2 aromatic carbocycles. The van der Waals surface area contributed by atoms with Crippen LogP contribution in [0.2, 0.25) is 0 Å². The zero-order chi connectivity index (χ0) is 21.2. The van der Waals surface area contributed by atoms with E-state index < -0.39 is 0 Å². The number of hydrogen-bond donors (Lipinski definition) is 1. The molecule has 3 heterocycles. The van der Waals surface area contributed by atoms with Gasteiger partial charge in [0.25, 0.3) is 0 Å². The topological polar surface area (TPSA) is 66.6 Å². The van der Waals surface area contributed by atoms with Crippen molar-refractivity contribution in [1.29, 1.82) is 0 Å². The van der Waals surface area contributed by atoms with Crippen LogP contribution in [-0.4, -0.2) is 21.5 Å². The molecule has 5 rings (SSSR count). The van der Waals surface area contributed by atoms with E-state index in [0.29, 0.717) is 28.6 Å². The van der Waals surface area contributed by atoms with Crippen molar-refractivity contribution in [2.75, 3.05) is 6.54 Å². The molecule has 0 bridgehead atoms. The quantitative estimate of drug-likeness (QED) is 0.433. The maximum Gasteiger partial charge on any atom is 0.200 e. The summed E-state index contributed by atoms with van der Waals surface area (Å²) in [5, 5.41) is 11.2. The van der Waals surface area contributed by atoms with Crippen LogP contribution < -0.4 is 5.43 Å². The lowest BCUT2D eigenvalue weighted by molar-refractivity contribution is 0.139. The summed E-state index contributed by atoms with van der Waals surface area (Å²) in [6, 6.07) is 17.1. The molecule has 1 fully saturated rings. The number of benzene rings is 2.